The summed E-state index contributed by atoms with van der Waals surface area (Å²) < 4.78 is 0. The van der Waals surface area contributed by atoms with E-state index in [0.29, 0.717) is 24.1 Å². The van der Waals surface area contributed by atoms with E-state index in [0.717, 1.165) is 12.0 Å². The van der Waals surface area contributed by atoms with Crippen LogP contribution in [0.2, 0.25) is 0 Å². The second-order valence-corrected chi connectivity index (χ2v) is 4.91. The van der Waals surface area contributed by atoms with E-state index in [1.165, 1.54) is 6.33 Å². The maximum Gasteiger partial charge on any atom is 0.270 e. The van der Waals surface area contributed by atoms with Crippen LogP contribution in [-0.4, -0.2) is 21.9 Å². The number of benzene rings is 1. The Labute approximate surface area is 124 Å². The van der Waals surface area contributed by atoms with Gasteiger partial charge in [0.2, 0.25) is 0 Å². The van der Waals surface area contributed by atoms with Crippen LogP contribution in [0.1, 0.15) is 36.3 Å². The van der Waals surface area contributed by atoms with E-state index in [1.807, 2.05) is 30.3 Å². The summed E-state index contributed by atoms with van der Waals surface area (Å²) in [5.41, 5.74) is 1.42. The third-order valence-electron chi connectivity index (χ3n) is 3.20. The van der Waals surface area contributed by atoms with Crippen LogP contribution in [0.4, 0.5) is 5.82 Å². The molecule has 0 fully saturated rings. The minimum absolute atomic E-state index is 0.201. The molecule has 1 amide bonds. The Kier molecular flexibility index (Phi) is 5.26. The number of amides is 1. The molecular formula is C16H20N4O. The highest BCUT2D eigenvalue weighted by molar-refractivity contribution is 5.92. The number of carbonyl (C=O) groups is 1. The molecule has 0 aliphatic heterocycles. The van der Waals surface area contributed by atoms with Crippen molar-refractivity contribution in [3.05, 3.63) is 54.0 Å². The highest BCUT2D eigenvalue weighted by atomic mass is 16.1. The van der Waals surface area contributed by atoms with Crippen LogP contribution >= 0.6 is 0 Å². The van der Waals surface area contributed by atoms with E-state index in [4.69, 9.17) is 0 Å². The third-order valence-corrected chi connectivity index (χ3v) is 3.20. The van der Waals surface area contributed by atoms with Crippen LogP contribution in [0.3, 0.4) is 0 Å². The Morgan fingerprint density at radius 2 is 2.00 bits per heavy atom. The lowest BCUT2D eigenvalue weighted by molar-refractivity contribution is 0.0946. The Hall–Kier alpha value is -2.43. The standard InChI is InChI=1S/C16H20N4O/c1-3-12(2)20-15-9-14(18-11-19-15)16(21)17-10-13-7-5-4-6-8-13/h4-9,11-12H,3,10H2,1-2H3,(H,17,21)(H,18,19,20). The smallest absolute Gasteiger partial charge is 0.270 e. The van der Waals surface area contributed by atoms with Crippen LogP contribution in [0.5, 0.6) is 0 Å². The van der Waals surface area contributed by atoms with Crippen molar-refractivity contribution in [1.29, 1.82) is 0 Å². The molecule has 2 rings (SSSR count). The number of nitrogens with zero attached hydrogens (tertiary/aromatic N) is 2. The summed E-state index contributed by atoms with van der Waals surface area (Å²) in [6.45, 7) is 4.64. The topological polar surface area (TPSA) is 66.9 Å². The molecule has 0 spiro atoms. The number of rotatable bonds is 6. The van der Waals surface area contributed by atoms with Gasteiger partial charge >= 0.3 is 0 Å². The van der Waals surface area contributed by atoms with Gasteiger partial charge in [0.05, 0.1) is 0 Å². The van der Waals surface area contributed by atoms with Crippen molar-refractivity contribution in [1.82, 2.24) is 15.3 Å². The van der Waals surface area contributed by atoms with Crippen molar-refractivity contribution in [3.63, 3.8) is 0 Å². The molecule has 0 aliphatic carbocycles. The molecule has 110 valence electrons. The Bertz CT molecular complexity index is 586. The molecule has 0 saturated heterocycles. The van der Waals surface area contributed by atoms with E-state index in [2.05, 4.69) is 34.4 Å². The molecule has 2 N–H and O–H groups in total. The summed E-state index contributed by atoms with van der Waals surface area (Å²) in [6.07, 6.45) is 2.39. The Morgan fingerprint density at radius 3 is 2.71 bits per heavy atom. The molecule has 0 radical (unpaired) electrons. The summed E-state index contributed by atoms with van der Waals surface area (Å²) in [7, 11) is 0. The predicted octanol–water partition coefficient (Wildman–Crippen LogP) is 2.62. The Balaban J connectivity index is 1.97. The van der Waals surface area contributed by atoms with Crippen molar-refractivity contribution in [2.45, 2.75) is 32.9 Å². The molecular weight excluding hydrogens is 264 g/mol. The van der Waals surface area contributed by atoms with Crippen molar-refractivity contribution in [2.75, 3.05) is 5.32 Å². The van der Waals surface area contributed by atoms with E-state index in [1.54, 1.807) is 6.07 Å². The minimum atomic E-state index is -0.201. The van der Waals surface area contributed by atoms with Gasteiger partial charge in [0.1, 0.15) is 17.8 Å². The summed E-state index contributed by atoms with van der Waals surface area (Å²) in [5, 5.41) is 6.08. The van der Waals surface area contributed by atoms with Gasteiger partial charge in [0.15, 0.2) is 0 Å². The maximum absolute atomic E-state index is 12.1. The van der Waals surface area contributed by atoms with E-state index < -0.39 is 0 Å². The van der Waals surface area contributed by atoms with Crippen LogP contribution in [0.25, 0.3) is 0 Å². The van der Waals surface area contributed by atoms with Gasteiger partial charge in [-0.3, -0.25) is 4.79 Å². The number of hydrogen-bond donors (Lipinski definition) is 2. The fraction of sp³-hybridized carbons (Fsp3) is 0.312. The number of anilines is 1. The largest absolute Gasteiger partial charge is 0.368 e. The normalized spacial score (nSPS) is 11.7. The molecule has 2 aromatic rings. The molecule has 0 bridgehead atoms. The monoisotopic (exact) mass is 284 g/mol. The molecule has 1 heterocycles. The first-order valence-corrected chi connectivity index (χ1v) is 7.09. The quantitative estimate of drug-likeness (QED) is 0.855. The van der Waals surface area contributed by atoms with Crippen molar-refractivity contribution in [3.8, 4) is 0 Å². The van der Waals surface area contributed by atoms with Crippen LogP contribution in [-0.2, 0) is 6.54 Å². The zero-order valence-electron chi connectivity index (χ0n) is 12.3. The van der Waals surface area contributed by atoms with Gasteiger partial charge in [-0.05, 0) is 18.9 Å². The summed E-state index contributed by atoms with van der Waals surface area (Å²) in [4.78, 5) is 20.2. The van der Waals surface area contributed by atoms with Gasteiger partial charge in [-0.15, -0.1) is 0 Å². The lowest BCUT2D eigenvalue weighted by Gasteiger charge is -2.12. The SMILES string of the molecule is CCC(C)Nc1cc(C(=O)NCc2ccccc2)ncn1. The summed E-state index contributed by atoms with van der Waals surface area (Å²) in [5.74, 6) is 0.470. The molecule has 0 aliphatic rings. The molecule has 0 saturated carbocycles. The number of aromatic nitrogens is 2. The fourth-order valence-electron chi connectivity index (χ4n) is 1.78. The molecule has 1 aromatic carbocycles. The van der Waals surface area contributed by atoms with Crippen molar-refractivity contribution in [2.24, 2.45) is 0 Å². The summed E-state index contributed by atoms with van der Waals surface area (Å²) in [6, 6.07) is 11.8. The second-order valence-electron chi connectivity index (χ2n) is 4.91. The van der Waals surface area contributed by atoms with Gasteiger partial charge in [-0.1, -0.05) is 37.3 Å². The number of carbonyl (C=O) groups excluding carboxylic acids is 1. The molecule has 5 nitrogen and oxygen atoms in total. The lowest BCUT2D eigenvalue weighted by atomic mass is 10.2. The highest BCUT2D eigenvalue weighted by Crippen LogP contribution is 2.07. The number of hydrogen-bond acceptors (Lipinski definition) is 4. The maximum atomic E-state index is 12.1. The van der Waals surface area contributed by atoms with E-state index in [9.17, 15) is 4.79 Å². The van der Waals surface area contributed by atoms with Gasteiger partial charge in [0.25, 0.3) is 5.91 Å². The minimum Gasteiger partial charge on any atom is -0.368 e. The predicted molar refractivity (Wildman–Crippen MR) is 83.0 cm³/mol. The molecule has 1 unspecified atom stereocenters. The van der Waals surface area contributed by atoms with Gasteiger partial charge in [-0.25, -0.2) is 9.97 Å². The van der Waals surface area contributed by atoms with E-state index >= 15 is 0 Å². The first-order chi connectivity index (χ1) is 10.2. The second kappa shape index (κ2) is 7.38. The van der Waals surface area contributed by atoms with Crippen molar-refractivity contribution >= 4 is 11.7 Å². The zero-order chi connectivity index (χ0) is 15.1. The highest BCUT2D eigenvalue weighted by Gasteiger charge is 2.09. The van der Waals surface area contributed by atoms with Crippen LogP contribution < -0.4 is 10.6 Å². The van der Waals surface area contributed by atoms with Gasteiger partial charge < -0.3 is 10.6 Å². The third kappa shape index (κ3) is 4.56. The average Bonchev–Trinajstić information content (AvgIpc) is 2.53. The molecule has 1 aromatic heterocycles. The average molecular weight is 284 g/mol. The number of nitrogens with one attached hydrogen (secondary N) is 2. The van der Waals surface area contributed by atoms with Crippen molar-refractivity contribution < 1.29 is 4.79 Å². The molecule has 1 atom stereocenters. The van der Waals surface area contributed by atoms with E-state index in [-0.39, 0.29) is 5.91 Å². The zero-order valence-corrected chi connectivity index (χ0v) is 12.3. The fourth-order valence-corrected chi connectivity index (χ4v) is 1.78. The first-order valence-electron chi connectivity index (χ1n) is 7.09. The Morgan fingerprint density at radius 1 is 1.24 bits per heavy atom. The first kappa shape index (κ1) is 15.0. The van der Waals surface area contributed by atoms with Crippen LogP contribution in [0, 0.1) is 0 Å². The van der Waals surface area contributed by atoms with Gasteiger partial charge in [0, 0.05) is 18.7 Å². The van der Waals surface area contributed by atoms with Gasteiger partial charge in [-0.2, -0.15) is 0 Å². The van der Waals surface area contributed by atoms with Crippen LogP contribution in [0.15, 0.2) is 42.7 Å². The molecule has 21 heavy (non-hydrogen) atoms. The lowest BCUT2D eigenvalue weighted by Crippen LogP contribution is -2.24. The summed E-state index contributed by atoms with van der Waals surface area (Å²) >= 11 is 0. The molecule has 5 heteroatoms.